The number of phenolic OH excluding ortho intramolecular Hbond substituents is 1. The first-order valence-electron chi connectivity index (χ1n) is 13.8. The van der Waals surface area contributed by atoms with E-state index in [4.69, 9.17) is 4.42 Å². The van der Waals surface area contributed by atoms with Crippen LogP contribution in [0.1, 0.15) is 67.4 Å². The Hall–Kier alpha value is -3.36. The number of carbonyl (C=O) groups excluding carboxylic acids is 4. The van der Waals surface area contributed by atoms with E-state index in [1.807, 2.05) is 12.1 Å². The molecular formula is C31H33NO7. The van der Waals surface area contributed by atoms with Crippen LogP contribution in [0.2, 0.25) is 0 Å². The summed E-state index contributed by atoms with van der Waals surface area (Å²) in [6.45, 7) is 5.20. The molecule has 1 saturated heterocycles. The summed E-state index contributed by atoms with van der Waals surface area (Å²) in [6, 6.07) is 3.74. The van der Waals surface area contributed by atoms with Gasteiger partial charge >= 0.3 is 0 Å². The maximum atomic E-state index is 14.1. The molecule has 2 fully saturated rings. The predicted molar refractivity (Wildman–Crippen MR) is 141 cm³/mol. The second-order valence-electron chi connectivity index (χ2n) is 11.7. The van der Waals surface area contributed by atoms with Crippen molar-refractivity contribution in [3.05, 3.63) is 52.5 Å². The molecule has 0 bridgehead atoms. The fourth-order valence-electron chi connectivity index (χ4n) is 7.52. The maximum Gasteiger partial charge on any atom is 0.205 e. The molecule has 0 spiro atoms. The van der Waals surface area contributed by atoms with Crippen molar-refractivity contribution in [2.24, 2.45) is 17.8 Å². The van der Waals surface area contributed by atoms with Crippen LogP contribution in [-0.2, 0) is 27.3 Å². The minimum absolute atomic E-state index is 0.0964. The first kappa shape index (κ1) is 25.9. The molecule has 8 nitrogen and oxygen atoms in total. The van der Waals surface area contributed by atoms with Crippen molar-refractivity contribution < 1.29 is 33.8 Å². The number of fused-ring (bicyclic) bond motifs is 3. The molecule has 2 aromatic rings. The average Bonchev–Trinajstić information content (AvgIpc) is 3.43. The fraction of sp³-hybridized carbons (Fsp3) is 0.484. The molecule has 3 aliphatic carbocycles. The molecule has 0 radical (unpaired) electrons. The van der Waals surface area contributed by atoms with Crippen LogP contribution in [0, 0.1) is 17.8 Å². The van der Waals surface area contributed by atoms with Gasteiger partial charge in [0.2, 0.25) is 5.78 Å². The number of Topliss-reactive ketones (excluding diaryl/α,β-unsaturated/α-hetero) is 4. The summed E-state index contributed by atoms with van der Waals surface area (Å²) in [5.41, 5.74) is 0.951. The van der Waals surface area contributed by atoms with Crippen molar-refractivity contribution in [3.8, 4) is 16.9 Å². The molecule has 2 N–H and O–H groups in total. The third kappa shape index (κ3) is 3.87. The lowest BCUT2D eigenvalue weighted by atomic mass is 9.54. The highest BCUT2D eigenvalue weighted by Crippen LogP contribution is 2.52. The van der Waals surface area contributed by atoms with E-state index in [1.165, 1.54) is 13.3 Å². The molecule has 0 amide bonds. The highest BCUT2D eigenvalue weighted by molar-refractivity contribution is 6.32. The number of aliphatic hydroxyl groups is 1. The van der Waals surface area contributed by atoms with Crippen LogP contribution in [-0.4, -0.2) is 56.9 Å². The van der Waals surface area contributed by atoms with Gasteiger partial charge in [-0.2, -0.15) is 0 Å². The zero-order valence-corrected chi connectivity index (χ0v) is 22.3. The first-order valence-corrected chi connectivity index (χ1v) is 13.8. The van der Waals surface area contributed by atoms with Crippen molar-refractivity contribution in [2.45, 2.75) is 64.5 Å². The summed E-state index contributed by atoms with van der Waals surface area (Å²) in [4.78, 5) is 55.9. The molecule has 6 rings (SSSR count). The van der Waals surface area contributed by atoms with Gasteiger partial charge < -0.3 is 14.6 Å². The minimum atomic E-state index is -2.41. The molecule has 1 aromatic carbocycles. The third-order valence-electron chi connectivity index (χ3n) is 9.37. The van der Waals surface area contributed by atoms with E-state index in [9.17, 15) is 29.4 Å². The van der Waals surface area contributed by atoms with Gasteiger partial charge in [0.1, 0.15) is 5.75 Å². The molecule has 39 heavy (non-hydrogen) atoms. The second-order valence-corrected chi connectivity index (χ2v) is 11.7. The lowest BCUT2D eigenvalue weighted by molar-refractivity contribution is -0.165. The number of carbonyl (C=O) groups is 4. The summed E-state index contributed by atoms with van der Waals surface area (Å²) < 4.78 is 5.35. The van der Waals surface area contributed by atoms with Gasteiger partial charge in [-0.1, -0.05) is 12.0 Å². The van der Waals surface area contributed by atoms with E-state index < -0.39 is 46.5 Å². The van der Waals surface area contributed by atoms with Crippen LogP contribution in [0.25, 0.3) is 11.1 Å². The largest absolute Gasteiger partial charge is 0.507 e. The van der Waals surface area contributed by atoms with Crippen LogP contribution in [0.15, 0.2) is 40.2 Å². The van der Waals surface area contributed by atoms with Crippen LogP contribution in [0.3, 0.4) is 0 Å². The molecule has 1 saturated carbocycles. The number of hydrogen-bond acceptors (Lipinski definition) is 8. The number of likely N-dealkylation sites (tertiary alicyclic amines) is 1. The van der Waals surface area contributed by atoms with Gasteiger partial charge in [-0.3, -0.25) is 24.1 Å². The Bertz CT molecular complexity index is 1430. The Morgan fingerprint density at radius 1 is 1.15 bits per heavy atom. The normalized spacial score (nSPS) is 29.2. The number of benzene rings is 1. The second kappa shape index (κ2) is 9.38. The summed E-state index contributed by atoms with van der Waals surface area (Å²) in [5.74, 6) is -5.34. The Morgan fingerprint density at radius 3 is 2.56 bits per heavy atom. The van der Waals surface area contributed by atoms with E-state index in [0.717, 1.165) is 37.1 Å². The Kier molecular flexibility index (Phi) is 6.23. The molecule has 4 aliphatic rings. The molecule has 8 heteroatoms. The van der Waals surface area contributed by atoms with E-state index in [2.05, 4.69) is 4.90 Å². The number of ketones is 4. The standard InChI is InChI=1S/C31H33NO7/c1-16-10-21-11-19-12-23-22(18-6-9-39-15-18)13-20(14-32-7-4-3-5-8-32)27(34)26(23)28(35)25(19)30(37)31(21,38)29(36)24(16)17(2)33/h6,9,13,15,19,21,25,34,38H,3-5,7-8,10-12,14H2,1-2H3/t19-,21-,25?,31-/m1/s1. The minimum Gasteiger partial charge on any atom is -0.507 e. The summed E-state index contributed by atoms with van der Waals surface area (Å²) >= 11 is 0. The third-order valence-corrected chi connectivity index (χ3v) is 9.37. The molecule has 1 aliphatic heterocycles. The van der Waals surface area contributed by atoms with Gasteiger partial charge in [0.05, 0.1) is 29.6 Å². The molecular weight excluding hydrogens is 498 g/mol. The highest BCUT2D eigenvalue weighted by Gasteiger charge is 2.63. The monoisotopic (exact) mass is 531 g/mol. The van der Waals surface area contributed by atoms with E-state index in [1.54, 1.807) is 19.5 Å². The molecule has 204 valence electrons. The zero-order valence-electron chi connectivity index (χ0n) is 22.3. The van der Waals surface area contributed by atoms with Gasteiger partial charge in [0.15, 0.2) is 23.0 Å². The summed E-state index contributed by atoms with van der Waals surface area (Å²) in [7, 11) is 0. The van der Waals surface area contributed by atoms with Crippen LogP contribution in [0.5, 0.6) is 5.75 Å². The Morgan fingerprint density at radius 2 is 1.90 bits per heavy atom. The lowest BCUT2D eigenvalue weighted by Gasteiger charge is -2.48. The topological polar surface area (TPSA) is 125 Å². The van der Waals surface area contributed by atoms with Gasteiger partial charge in [0, 0.05) is 23.6 Å². The SMILES string of the molecule is CC(=O)C1=C(C)C[C@@H]2C[C@@H]3Cc4c(-c5ccoc5)cc(CN5CCCCC5)c(O)c4C(=O)C3C(=O)[C@]2(O)C1=O. The first-order chi connectivity index (χ1) is 18.6. The predicted octanol–water partition coefficient (Wildman–Crippen LogP) is 3.81. The molecule has 1 unspecified atom stereocenters. The van der Waals surface area contributed by atoms with Crippen molar-refractivity contribution in [1.29, 1.82) is 0 Å². The van der Waals surface area contributed by atoms with Gasteiger partial charge in [-0.15, -0.1) is 0 Å². The van der Waals surface area contributed by atoms with Crippen LogP contribution < -0.4 is 0 Å². The summed E-state index contributed by atoms with van der Waals surface area (Å²) in [5, 5.41) is 23.1. The van der Waals surface area contributed by atoms with Crippen molar-refractivity contribution in [2.75, 3.05) is 13.1 Å². The average molecular weight is 532 g/mol. The highest BCUT2D eigenvalue weighted by atomic mass is 16.3. The number of allylic oxidation sites excluding steroid dienone is 1. The van der Waals surface area contributed by atoms with E-state index >= 15 is 0 Å². The molecule has 2 heterocycles. The molecule has 4 atom stereocenters. The van der Waals surface area contributed by atoms with Crippen LogP contribution in [0.4, 0.5) is 0 Å². The Labute approximate surface area is 226 Å². The number of rotatable bonds is 4. The quantitative estimate of drug-likeness (QED) is 0.451. The fourth-order valence-corrected chi connectivity index (χ4v) is 7.52. The van der Waals surface area contributed by atoms with E-state index in [0.29, 0.717) is 29.7 Å². The Balaban J connectivity index is 1.46. The number of phenols is 1. The number of nitrogens with zero attached hydrogens (tertiary/aromatic N) is 1. The maximum absolute atomic E-state index is 14.1. The molecule has 1 aromatic heterocycles. The number of piperidine rings is 1. The van der Waals surface area contributed by atoms with Gasteiger partial charge in [0.25, 0.3) is 0 Å². The lowest BCUT2D eigenvalue weighted by Crippen LogP contribution is -2.64. The van der Waals surface area contributed by atoms with Crippen LogP contribution >= 0.6 is 0 Å². The van der Waals surface area contributed by atoms with Crippen molar-refractivity contribution in [1.82, 2.24) is 4.90 Å². The van der Waals surface area contributed by atoms with Crippen molar-refractivity contribution >= 4 is 23.1 Å². The number of aromatic hydroxyl groups is 1. The van der Waals surface area contributed by atoms with Gasteiger partial charge in [-0.05, 0) is 88.2 Å². The zero-order chi connectivity index (χ0) is 27.6. The summed E-state index contributed by atoms with van der Waals surface area (Å²) in [6.07, 6.45) is 7.35. The van der Waals surface area contributed by atoms with Gasteiger partial charge in [-0.25, -0.2) is 0 Å². The van der Waals surface area contributed by atoms with E-state index in [-0.39, 0.29) is 29.7 Å². The number of furan rings is 1. The van der Waals surface area contributed by atoms with Crippen molar-refractivity contribution in [3.63, 3.8) is 0 Å². The number of hydrogen-bond donors (Lipinski definition) is 2. The smallest absolute Gasteiger partial charge is 0.205 e.